The van der Waals surface area contributed by atoms with E-state index in [1.165, 1.54) is 11.5 Å². The van der Waals surface area contributed by atoms with Gasteiger partial charge in [-0.15, -0.1) is 0 Å². The zero-order valence-electron chi connectivity index (χ0n) is 16.9. The van der Waals surface area contributed by atoms with Crippen molar-refractivity contribution in [2.45, 2.75) is 19.4 Å². The summed E-state index contributed by atoms with van der Waals surface area (Å²) >= 11 is 7.36. The lowest BCUT2D eigenvalue weighted by molar-refractivity contribution is 0.0673. The third-order valence-corrected chi connectivity index (χ3v) is 6.28. The molecule has 1 amide bonds. The number of nitrogens with zero attached hydrogens (tertiary/aromatic N) is 4. The maximum absolute atomic E-state index is 13.0. The second-order valence-electron chi connectivity index (χ2n) is 7.32. The molecule has 6 nitrogen and oxygen atoms in total. The number of carbonyl (C=O) groups is 1. The van der Waals surface area contributed by atoms with Gasteiger partial charge in [-0.3, -0.25) is 4.79 Å². The summed E-state index contributed by atoms with van der Waals surface area (Å²) in [5.74, 6) is 1.52. The molecule has 30 heavy (non-hydrogen) atoms. The van der Waals surface area contributed by atoms with Gasteiger partial charge in [0.1, 0.15) is 11.6 Å². The first-order valence-corrected chi connectivity index (χ1v) is 11.0. The quantitative estimate of drug-likeness (QED) is 0.594. The smallest absolute Gasteiger partial charge is 0.254 e. The molecule has 2 heterocycles. The van der Waals surface area contributed by atoms with Crippen LogP contribution in [0.15, 0.2) is 48.5 Å². The average Bonchev–Trinajstić information content (AvgIpc) is 3.23. The Labute approximate surface area is 185 Å². The van der Waals surface area contributed by atoms with Crippen LogP contribution in [0.5, 0.6) is 5.75 Å². The molecule has 4 rings (SSSR count). The Morgan fingerprint density at radius 2 is 2.03 bits per heavy atom. The Morgan fingerprint density at radius 1 is 1.23 bits per heavy atom. The van der Waals surface area contributed by atoms with E-state index in [1.807, 2.05) is 47.4 Å². The number of rotatable bonds is 5. The van der Waals surface area contributed by atoms with E-state index in [0.717, 1.165) is 34.6 Å². The van der Waals surface area contributed by atoms with Gasteiger partial charge in [-0.2, -0.15) is 4.37 Å². The van der Waals surface area contributed by atoms with E-state index in [9.17, 15) is 4.79 Å². The molecular weight excluding hydrogens is 420 g/mol. The van der Waals surface area contributed by atoms with E-state index >= 15 is 0 Å². The maximum atomic E-state index is 13.0. The summed E-state index contributed by atoms with van der Waals surface area (Å²) < 4.78 is 9.76. The third kappa shape index (κ3) is 4.57. The highest BCUT2D eigenvalue weighted by atomic mass is 35.5. The Morgan fingerprint density at radius 3 is 2.77 bits per heavy atom. The summed E-state index contributed by atoms with van der Waals surface area (Å²) in [5.41, 5.74) is 1.78. The number of piperazine rings is 1. The van der Waals surface area contributed by atoms with Crippen molar-refractivity contribution < 1.29 is 9.53 Å². The van der Waals surface area contributed by atoms with Gasteiger partial charge in [-0.05, 0) is 42.8 Å². The molecule has 156 valence electrons. The summed E-state index contributed by atoms with van der Waals surface area (Å²) in [6.45, 7) is 4.17. The summed E-state index contributed by atoms with van der Waals surface area (Å²) in [6, 6.07) is 15.1. The van der Waals surface area contributed by atoms with Gasteiger partial charge in [0.05, 0.1) is 7.11 Å². The highest BCUT2D eigenvalue weighted by Crippen LogP contribution is 2.24. The van der Waals surface area contributed by atoms with Crippen LogP contribution in [0.1, 0.15) is 28.7 Å². The Kier molecular flexibility index (Phi) is 6.20. The second-order valence-corrected chi connectivity index (χ2v) is 8.49. The van der Waals surface area contributed by atoms with Crippen LogP contribution < -0.4 is 9.64 Å². The van der Waals surface area contributed by atoms with Crippen LogP contribution in [0.2, 0.25) is 5.02 Å². The van der Waals surface area contributed by atoms with Gasteiger partial charge in [-0.25, -0.2) is 4.98 Å². The van der Waals surface area contributed by atoms with Crippen molar-refractivity contribution in [3.05, 3.63) is 70.5 Å². The highest BCUT2D eigenvalue weighted by molar-refractivity contribution is 7.09. The van der Waals surface area contributed by atoms with Crippen molar-refractivity contribution in [2.24, 2.45) is 0 Å². The standard InChI is InChI=1S/C22H23ClN4O2S/c1-15-14-26(10-11-27(15)21(28)17-4-3-5-19(13-17)29-2)22-24-20(25-30-22)12-16-6-8-18(23)9-7-16/h3-9,13,15H,10-12,14H2,1-2H3. The molecule has 0 bridgehead atoms. The molecule has 1 saturated heterocycles. The van der Waals surface area contributed by atoms with Gasteiger partial charge in [0, 0.05) is 54.2 Å². The first-order chi connectivity index (χ1) is 14.5. The normalized spacial score (nSPS) is 16.6. The highest BCUT2D eigenvalue weighted by Gasteiger charge is 2.29. The average molecular weight is 443 g/mol. The number of ether oxygens (including phenoxy) is 1. The molecule has 2 aromatic carbocycles. The van der Waals surface area contributed by atoms with Gasteiger partial charge in [-0.1, -0.05) is 29.8 Å². The first-order valence-electron chi connectivity index (χ1n) is 9.80. The van der Waals surface area contributed by atoms with Crippen molar-refractivity contribution in [3.8, 4) is 5.75 Å². The molecule has 0 spiro atoms. The van der Waals surface area contributed by atoms with Crippen LogP contribution in [0.25, 0.3) is 0 Å². The Hall–Kier alpha value is -2.64. The summed E-state index contributed by atoms with van der Waals surface area (Å²) in [5, 5.41) is 1.63. The summed E-state index contributed by atoms with van der Waals surface area (Å²) in [6.07, 6.45) is 0.678. The number of benzene rings is 2. The first kappa shape index (κ1) is 20.6. The zero-order chi connectivity index (χ0) is 21.1. The Bertz CT molecular complexity index is 1020. The van der Waals surface area contributed by atoms with Crippen molar-refractivity contribution in [1.29, 1.82) is 0 Å². The van der Waals surface area contributed by atoms with Gasteiger partial charge < -0.3 is 14.5 Å². The summed E-state index contributed by atoms with van der Waals surface area (Å²) in [4.78, 5) is 21.8. The predicted molar refractivity (Wildman–Crippen MR) is 120 cm³/mol. The summed E-state index contributed by atoms with van der Waals surface area (Å²) in [7, 11) is 1.61. The lowest BCUT2D eigenvalue weighted by Gasteiger charge is -2.39. The predicted octanol–water partition coefficient (Wildman–Crippen LogP) is 4.14. The molecule has 1 aliphatic rings. The van der Waals surface area contributed by atoms with E-state index in [0.29, 0.717) is 24.3 Å². The van der Waals surface area contributed by atoms with Gasteiger partial charge in [0.2, 0.25) is 5.13 Å². The molecule has 0 radical (unpaired) electrons. The molecule has 1 aromatic heterocycles. The number of halogens is 1. The van der Waals surface area contributed by atoms with Crippen LogP contribution in [0.4, 0.5) is 5.13 Å². The maximum Gasteiger partial charge on any atom is 0.254 e. The fraction of sp³-hybridized carbons (Fsp3) is 0.318. The van der Waals surface area contributed by atoms with Crippen LogP contribution >= 0.6 is 23.1 Å². The van der Waals surface area contributed by atoms with Crippen LogP contribution in [0, 0.1) is 0 Å². The topological polar surface area (TPSA) is 58.6 Å². The lowest BCUT2D eigenvalue weighted by atomic mass is 10.1. The molecule has 0 aliphatic carbocycles. The second kappa shape index (κ2) is 9.02. The SMILES string of the molecule is COc1cccc(C(=O)N2CCN(c3nc(Cc4ccc(Cl)cc4)ns3)CC2C)c1. The van der Waals surface area contributed by atoms with Gasteiger partial charge >= 0.3 is 0 Å². The number of hydrogen-bond acceptors (Lipinski definition) is 6. The number of anilines is 1. The minimum absolute atomic E-state index is 0.0294. The van der Waals surface area contributed by atoms with Crippen molar-refractivity contribution in [3.63, 3.8) is 0 Å². The van der Waals surface area contributed by atoms with Crippen LogP contribution in [0.3, 0.4) is 0 Å². The largest absolute Gasteiger partial charge is 0.497 e. The molecule has 0 saturated carbocycles. The number of methoxy groups -OCH3 is 1. The number of aromatic nitrogens is 2. The molecular formula is C22H23ClN4O2S. The fourth-order valence-corrected chi connectivity index (χ4v) is 4.43. The molecule has 0 N–H and O–H groups in total. The van der Waals surface area contributed by atoms with Crippen molar-refractivity contribution >= 4 is 34.2 Å². The third-order valence-electron chi connectivity index (χ3n) is 5.21. The minimum Gasteiger partial charge on any atom is -0.497 e. The number of hydrogen-bond donors (Lipinski definition) is 0. The number of amides is 1. The monoisotopic (exact) mass is 442 g/mol. The molecule has 1 atom stereocenters. The van der Waals surface area contributed by atoms with Crippen molar-refractivity contribution in [1.82, 2.24) is 14.3 Å². The van der Waals surface area contributed by atoms with Crippen LogP contribution in [-0.2, 0) is 6.42 Å². The molecule has 1 aliphatic heterocycles. The van der Waals surface area contributed by atoms with Crippen LogP contribution in [-0.4, -0.2) is 53.0 Å². The van der Waals surface area contributed by atoms with Gasteiger partial charge in [0.15, 0.2) is 0 Å². The van der Waals surface area contributed by atoms with E-state index in [4.69, 9.17) is 21.3 Å². The van der Waals surface area contributed by atoms with E-state index in [-0.39, 0.29) is 11.9 Å². The Balaban J connectivity index is 1.40. The molecule has 1 unspecified atom stereocenters. The van der Waals surface area contributed by atoms with E-state index < -0.39 is 0 Å². The fourth-order valence-electron chi connectivity index (χ4n) is 3.58. The van der Waals surface area contributed by atoms with Crippen molar-refractivity contribution in [2.75, 3.05) is 31.6 Å². The minimum atomic E-state index is 0.0294. The number of carbonyl (C=O) groups excluding carboxylic acids is 1. The lowest BCUT2D eigenvalue weighted by Crippen LogP contribution is -2.54. The molecule has 1 fully saturated rings. The molecule has 3 aromatic rings. The van der Waals surface area contributed by atoms with E-state index in [1.54, 1.807) is 13.2 Å². The molecule has 8 heteroatoms. The zero-order valence-corrected chi connectivity index (χ0v) is 18.5. The van der Waals surface area contributed by atoms with E-state index in [2.05, 4.69) is 16.2 Å². The van der Waals surface area contributed by atoms with Gasteiger partial charge in [0.25, 0.3) is 5.91 Å².